The van der Waals surface area contributed by atoms with Gasteiger partial charge in [-0.1, -0.05) is 25.4 Å². The summed E-state index contributed by atoms with van der Waals surface area (Å²) in [5.74, 6) is 0.617. The number of pyridine rings is 1. The number of hydrogen-bond acceptors (Lipinski definition) is 4. The monoisotopic (exact) mass is 397 g/mol. The van der Waals surface area contributed by atoms with Crippen LogP contribution in [0, 0.1) is 0 Å². The summed E-state index contributed by atoms with van der Waals surface area (Å²) in [7, 11) is 0. The van der Waals surface area contributed by atoms with Gasteiger partial charge in [-0.15, -0.1) is 0 Å². The predicted molar refractivity (Wildman–Crippen MR) is 114 cm³/mol. The maximum atomic E-state index is 12.5. The number of nitrogens with one attached hydrogen (secondary N) is 1. The van der Waals surface area contributed by atoms with Crippen LogP contribution in [-0.4, -0.2) is 42.0 Å². The summed E-state index contributed by atoms with van der Waals surface area (Å²) < 4.78 is 5.77. The standard InChI is InChI=1S/C22H24ClN3O2/c1-3-26(4-2)13-14-28-19-9-7-18(8-10-19)24-22(27)17-5-11-20-16(15-17)6-12-21(23)25-20/h5-12,15H,3-4,13-14H2,1-2H3,(H,24,27). The van der Waals surface area contributed by atoms with E-state index in [1.165, 1.54) is 0 Å². The maximum Gasteiger partial charge on any atom is 0.255 e. The van der Waals surface area contributed by atoms with Crippen LogP contribution in [0.25, 0.3) is 10.9 Å². The lowest BCUT2D eigenvalue weighted by Gasteiger charge is -2.18. The quantitative estimate of drug-likeness (QED) is 0.551. The van der Waals surface area contributed by atoms with Crippen molar-refractivity contribution in [1.29, 1.82) is 0 Å². The zero-order chi connectivity index (χ0) is 19.9. The van der Waals surface area contributed by atoms with Crippen LogP contribution >= 0.6 is 11.6 Å². The lowest BCUT2D eigenvalue weighted by Crippen LogP contribution is -2.27. The van der Waals surface area contributed by atoms with Crippen LogP contribution in [-0.2, 0) is 0 Å². The molecule has 0 aliphatic carbocycles. The van der Waals surface area contributed by atoms with Gasteiger partial charge in [-0.3, -0.25) is 4.79 Å². The summed E-state index contributed by atoms with van der Waals surface area (Å²) in [5.41, 5.74) is 2.04. The number of carbonyl (C=O) groups is 1. The van der Waals surface area contributed by atoms with E-state index in [0.717, 1.165) is 42.0 Å². The second kappa shape index (κ2) is 9.53. The Kier molecular flexibility index (Phi) is 6.85. The molecule has 3 rings (SSSR count). The van der Waals surface area contributed by atoms with Gasteiger partial charge in [0, 0.05) is 23.2 Å². The highest BCUT2D eigenvalue weighted by Gasteiger charge is 2.08. The second-order valence-corrected chi connectivity index (χ2v) is 6.78. The third kappa shape index (κ3) is 5.21. The highest BCUT2D eigenvalue weighted by Crippen LogP contribution is 2.19. The van der Waals surface area contributed by atoms with Crippen molar-refractivity contribution >= 4 is 34.1 Å². The van der Waals surface area contributed by atoms with Crippen molar-refractivity contribution in [1.82, 2.24) is 9.88 Å². The number of hydrogen-bond donors (Lipinski definition) is 1. The van der Waals surface area contributed by atoms with E-state index in [0.29, 0.717) is 17.3 Å². The van der Waals surface area contributed by atoms with Crippen LogP contribution < -0.4 is 10.1 Å². The van der Waals surface area contributed by atoms with Gasteiger partial charge in [-0.2, -0.15) is 0 Å². The number of rotatable bonds is 8. The molecular weight excluding hydrogens is 374 g/mol. The van der Waals surface area contributed by atoms with Gasteiger partial charge in [0.05, 0.1) is 5.52 Å². The summed E-state index contributed by atoms with van der Waals surface area (Å²) in [6, 6.07) is 16.3. The van der Waals surface area contributed by atoms with E-state index in [9.17, 15) is 4.79 Å². The van der Waals surface area contributed by atoms with Crippen LogP contribution in [0.15, 0.2) is 54.6 Å². The van der Waals surface area contributed by atoms with E-state index >= 15 is 0 Å². The fourth-order valence-corrected chi connectivity index (χ4v) is 3.07. The maximum absolute atomic E-state index is 12.5. The van der Waals surface area contributed by atoms with E-state index in [-0.39, 0.29) is 5.91 Å². The number of amides is 1. The molecule has 0 unspecified atom stereocenters. The Bertz CT molecular complexity index is 940. The lowest BCUT2D eigenvalue weighted by molar-refractivity contribution is 0.102. The number of anilines is 1. The molecule has 0 saturated carbocycles. The minimum Gasteiger partial charge on any atom is -0.492 e. The van der Waals surface area contributed by atoms with Gasteiger partial charge >= 0.3 is 0 Å². The minimum absolute atomic E-state index is 0.174. The molecule has 0 atom stereocenters. The molecule has 1 N–H and O–H groups in total. The molecule has 0 radical (unpaired) electrons. The first-order chi connectivity index (χ1) is 13.6. The number of fused-ring (bicyclic) bond motifs is 1. The average Bonchev–Trinajstić information content (AvgIpc) is 2.72. The van der Waals surface area contributed by atoms with E-state index in [2.05, 4.69) is 29.0 Å². The molecular formula is C22H24ClN3O2. The molecule has 0 saturated heterocycles. The third-order valence-electron chi connectivity index (χ3n) is 4.60. The van der Waals surface area contributed by atoms with Gasteiger partial charge in [0.15, 0.2) is 0 Å². The molecule has 0 aliphatic rings. The Morgan fingerprint density at radius 3 is 2.54 bits per heavy atom. The van der Waals surface area contributed by atoms with E-state index < -0.39 is 0 Å². The summed E-state index contributed by atoms with van der Waals surface area (Å²) in [6.07, 6.45) is 0. The Morgan fingerprint density at radius 1 is 1.07 bits per heavy atom. The number of halogens is 1. The second-order valence-electron chi connectivity index (χ2n) is 6.40. The van der Waals surface area contributed by atoms with Gasteiger partial charge in [0.2, 0.25) is 0 Å². The molecule has 0 aliphatic heterocycles. The fraction of sp³-hybridized carbons (Fsp3) is 0.273. The summed E-state index contributed by atoms with van der Waals surface area (Å²) >= 11 is 5.90. The first-order valence-corrected chi connectivity index (χ1v) is 9.79. The normalized spacial score (nSPS) is 11.0. The minimum atomic E-state index is -0.174. The number of aromatic nitrogens is 1. The van der Waals surface area contributed by atoms with Crippen LogP contribution in [0.1, 0.15) is 24.2 Å². The van der Waals surface area contributed by atoms with Crippen molar-refractivity contribution in [2.45, 2.75) is 13.8 Å². The number of carbonyl (C=O) groups excluding carboxylic acids is 1. The van der Waals surface area contributed by atoms with Crippen molar-refractivity contribution in [2.24, 2.45) is 0 Å². The van der Waals surface area contributed by atoms with Gasteiger partial charge in [-0.05, 0) is 67.7 Å². The molecule has 1 amide bonds. The molecule has 5 nitrogen and oxygen atoms in total. The summed E-state index contributed by atoms with van der Waals surface area (Å²) in [5, 5.41) is 4.21. The molecule has 28 heavy (non-hydrogen) atoms. The molecule has 146 valence electrons. The summed E-state index contributed by atoms with van der Waals surface area (Å²) in [6.45, 7) is 7.85. The SMILES string of the molecule is CCN(CC)CCOc1ccc(NC(=O)c2ccc3nc(Cl)ccc3c2)cc1. The van der Waals surface area contributed by atoms with Gasteiger partial charge < -0.3 is 15.0 Å². The number of benzene rings is 2. The molecule has 1 aromatic heterocycles. The largest absolute Gasteiger partial charge is 0.492 e. The Labute approximate surface area is 170 Å². The Balaban J connectivity index is 1.59. The van der Waals surface area contributed by atoms with Crippen LogP contribution in [0.3, 0.4) is 0 Å². The molecule has 0 bridgehead atoms. The molecule has 1 heterocycles. The smallest absolute Gasteiger partial charge is 0.255 e. The number of likely N-dealkylation sites (N-methyl/N-ethyl adjacent to an activating group) is 1. The van der Waals surface area contributed by atoms with Crippen molar-refractivity contribution in [3.63, 3.8) is 0 Å². The molecule has 3 aromatic rings. The first kappa shape index (κ1) is 20.1. The van der Waals surface area contributed by atoms with Gasteiger partial charge in [0.1, 0.15) is 17.5 Å². The van der Waals surface area contributed by atoms with Crippen LogP contribution in [0.5, 0.6) is 5.75 Å². The number of nitrogens with zero attached hydrogens (tertiary/aromatic N) is 2. The van der Waals surface area contributed by atoms with Gasteiger partial charge in [-0.25, -0.2) is 4.98 Å². The predicted octanol–water partition coefficient (Wildman–Crippen LogP) is 4.86. The molecule has 6 heteroatoms. The van der Waals surface area contributed by atoms with Crippen molar-refractivity contribution < 1.29 is 9.53 Å². The lowest BCUT2D eigenvalue weighted by atomic mass is 10.1. The zero-order valence-corrected chi connectivity index (χ0v) is 16.9. The average molecular weight is 398 g/mol. The zero-order valence-electron chi connectivity index (χ0n) is 16.1. The third-order valence-corrected chi connectivity index (χ3v) is 4.81. The highest BCUT2D eigenvalue weighted by molar-refractivity contribution is 6.29. The van der Waals surface area contributed by atoms with Crippen LogP contribution in [0.2, 0.25) is 5.15 Å². The van der Waals surface area contributed by atoms with E-state index in [4.69, 9.17) is 16.3 Å². The molecule has 2 aromatic carbocycles. The molecule has 0 fully saturated rings. The van der Waals surface area contributed by atoms with Crippen molar-refractivity contribution in [3.05, 3.63) is 65.3 Å². The van der Waals surface area contributed by atoms with E-state index in [1.54, 1.807) is 24.3 Å². The Hall–Kier alpha value is -2.63. The Morgan fingerprint density at radius 2 is 1.82 bits per heavy atom. The molecule has 0 spiro atoms. The highest BCUT2D eigenvalue weighted by atomic mass is 35.5. The van der Waals surface area contributed by atoms with Crippen LogP contribution in [0.4, 0.5) is 5.69 Å². The van der Waals surface area contributed by atoms with Gasteiger partial charge in [0.25, 0.3) is 5.91 Å². The number of ether oxygens (including phenoxy) is 1. The topological polar surface area (TPSA) is 54.5 Å². The van der Waals surface area contributed by atoms with Crippen molar-refractivity contribution in [2.75, 3.05) is 31.6 Å². The first-order valence-electron chi connectivity index (χ1n) is 9.42. The van der Waals surface area contributed by atoms with E-state index in [1.807, 2.05) is 30.3 Å². The van der Waals surface area contributed by atoms with Crippen molar-refractivity contribution in [3.8, 4) is 5.75 Å². The summed E-state index contributed by atoms with van der Waals surface area (Å²) in [4.78, 5) is 19.1. The fourth-order valence-electron chi connectivity index (χ4n) is 2.91.